The summed E-state index contributed by atoms with van der Waals surface area (Å²) in [5.41, 5.74) is 9.22. The van der Waals surface area contributed by atoms with Gasteiger partial charge in [0, 0.05) is 119 Å². The highest BCUT2D eigenvalue weighted by molar-refractivity contribution is 5.65. The van der Waals surface area contributed by atoms with Crippen molar-refractivity contribution in [1.82, 2.24) is 0 Å². The van der Waals surface area contributed by atoms with Crippen LogP contribution in [0.4, 0.5) is 0 Å². The van der Waals surface area contributed by atoms with Gasteiger partial charge in [-0.1, -0.05) is 0 Å². The van der Waals surface area contributed by atoms with E-state index in [0.717, 1.165) is 22.3 Å². The fourth-order valence-corrected chi connectivity index (χ4v) is 12.6. The first-order chi connectivity index (χ1) is 42.5. The second-order valence-corrected chi connectivity index (χ2v) is 22.4. The van der Waals surface area contributed by atoms with Gasteiger partial charge in [0.1, 0.15) is 92.0 Å². The van der Waals surface area contributed by atoms with Crippen molar-refractivity contribution >= 4 is 0 Å². The van der Waals surface area contributed by atoms with Gasteiger partial charge in [-0.15, -0.1) is 0 Å². The minimum absolute atomic E-state index is 0.0732. The Balaban J connectivity index is 1.27. The van der Waals surface area contributed by atoms with Crippen molar-refractivity contribution in [1.29, 1.82) is 0 Å². The summed E-state index contributed by atoms with van der Waals surface area (Å²) < 4.78 is 44.9. The van der Waals surface area contributed by atoms with E-state index in [1.54, 1.807) is 81.1 Å². The van der Waals surface area contributed by atoms with Crippen LogP contribution in [0.1, 0.15) is 115 Å². The van der Waals surface area contributed by atoms with Crippen molar-refractivity contribution in [2.75, 3.05) is 56.9 Å². The fourth-order valence-electron chi connectivity index (χ4n) is 12.6. The SMILES string of the molecule is COc1cc(CCCc2c3c(O)cc(O)c2Cc2c(O)cc(O)c(c2CCCc2cc(OC)cc(OC)c2)Cc2c(O)cc(O)c(c2CCCc2cc(OC)cc(OC)c2)Cc2c(O)cc(O)c(c2CCCc2cc(OC)cc(OC)c2)C3)cc(OC)c1. The Morgan fingerprint density at radius 2 is 0.364 bits per heavy atom. The lowest BCUT2D eigenvalue weighted by Crippen LogP contribution is -2.12. The molecule has 88 heavy (non-hydrogen) atoms. The molecule has 8 aromatic carbocycles. The fraction of sp³-hybridized carbons (Fsp3) is 0.333. The summed E-state index contributed by atoms with van der Waals surface area (Å²) in [6.45, 7) is 0. The molecule has 0 amide bonds. The molecule has 8 aromatic rings. The van der Waals surface area contributed by atoms with Crippen LogP contribution >= 0.6 is 0 Å². The van der Waals surface area contributed by atoms with Gasteiger partial charge in [-0.25, -0.2) is 0 Å². The summed E-state index contributed by atoms with van der Waals surface area (Å²) in [6, 6.07) is 27.8. The Hall–Kier alpha value is -9.44. The highest BCUT2D eigenvalue weighted by Crippen LogP contribution is 2.47. The van der Waals surface area contributed by atoms with Crippen LogP contribution in [0.25, 0.3) is 0 Å². The molecule has 16 heteroatoms. The molecule has 0 fully saturated rings. The molecule has 0 atom stereocenters. The molecule has 0 heterocycles. The lowest BCUT2D eigenvalue weighted by molar-refractivity contribution is 0.393. The lowest BCUT2D eigenvalue weighted by atomic mass is 9.80. The summed E-state index contributed by atoms with van der Waals surface area (Å²) in [6.07, 6.45) is 4.94. The summed E-state index contributed by atoms with van der Waals surface area (Å²) in [4.78, 5) is 0. The molecule has 1 aliphatic rings. The van der Waals surface area contributed by atoms with Gasteiger partial charge in [-0.2, -0.15) is 0 Å². The maximum Gasteiger partial charge on any atom is 0.123 e. The number of ether oxygens (including phenoxy) is 8. The number of aromatic hydroxyl groups is 8. The van der Waals surface area contributed by atoms with Crippen molar-refractivity contribution in [3.8, 4) is 92.0 Å². The third-order valence-corrected chi connectivity index (χ3v) is 17.1. The smallest absolute Gasteiger partial charge is 0.123 e. The zero-order valence-corrected chi connectivity index (χ0v) is 51.4. The van der Waals surface area contributed by atoms with Crippen LogP contribution in [-0.4, -0.2) is 97.7 Å². The van der Waals surface area contributed by atoms with Gasteiger partial charge in [-0.3, -0.25) is 0 Å². The van der Waals surface area contributed by atoms with E-state index in [9.17, 15) is 40.9 Å². The maximum atomic E-state index is 12.3. The van der Waals surface area contributed by atoms with Crippen LogP contribution in [0, 0.1) is 0 Å². The first kappa shape index (κ1) is 63.1. The summed E-state index contributed by atoms with van der Waals surface area (Å²) in [5.74, 6) is 3.05. The molecule has 464 valence electrons. The molecule has 8 bridgehead atoms. The van der Waals surface area contributed by atoms with E-state index in [1.165, 1.54) is 24.3 Å². The molecule has 0 radical (unpaired) electrons. The lowest BCUT2D eigenvalue weighted by Gasteiger charge is -2.26. The number of phenols is 8. The van der Waals surface area contributed by atoms with Crippen LogP contribution in [0.5, 0.6) is 92.0 Å². The molecule has 0 saturated carbocycles. The number of hydrogen-bond donors (Lipinski definition) is 8. The minimum atomic E-state index is -0.231. The van der Waals surface area contributed by atoms with E-state index in [4.69, 9.17) is 37.9 Å². The van der Waals surface area contributed by atoms with Crippen LogP contribution in [-0.2, 0) is 77.0 Å². The highest BCUT2D eigenvalue weighted by Gasteiger charge is 2.30. The van der Waals surface area contributed by atoms with E-state index in [-0.39, 0.29) is 71.7 Å². The van der Waals surface area contributed by atoms with Crippen molar-refractivity contribution < 1.29 is 78.7 Å². The second-order valence-electron chi connectivity index (χ2n) is 22.4. The van der Waals surface area contributed by atoms with Crippen LogP contribution < -0.4 is 37.9 Å². The van der Waals surface area contributed by atoms with Gasteiger partial charge < -0.3 is 78.7 Å². The zero-order valence-electron chi connectivity index (χ0n) is 51.4. The van der Waals surface area contributed by atoms with Gasteiger partial charge in [0.2, 0.25) is 0 Å². The summed E-state index contributed by atoms with van der Waals surface area (Å²) in [5, 5.41) is 98.7. The van der Waals surface area contributed by atoms with E-state index >= 15 is 0 Å². The molecule has 0 aromatic heterocycles. The number of benzene rings is 8. The average molecular weight is 1200 g/mol. The van der Waals surface area contributed by atoms with E-state index in [2.05, 4.69) is 0 Å². The molecule has 0 spiro atoms. The van der Waals surface area contributed by atoms with Gasteiger partial charge in [0.25, 0.3) is 0 Å². The van der Waals surface area contributed by atoms with Gasteiger partial charge in [0.05, 0.1) is 56.9 Å². The molecule has 0 saturated heterocycles. The van der Waals surface area contributed by atoms with Crippen LogP contribution in [0.3, 0.4) is 0 Å². The van der Waals surface area contributed by atoms with Crippen LogP contribution in [0.15, 0.2) is 97.1 Å². The van der Waals surface area contributed by atoms with Crippen molar-refractivity contribution in [3.63, 3.8) is 0 Å². The standard InChI is InChI=1S/C72H80O16/c1-81-45-21-41(22-46(29-45)82-2)13-9-17-53-57-33-59-54(18-10-14-42-23-47(83-3)30-48(24-42)84-4)61(69(77)38-67(59)75)35-63-56(20-12-16-44-27-51(87-7)32-52(28-44)88-8)64(72(80)40-71(63)79)36-62-55(19-11-15-43-25-49(85-5)31-50(26-43)86-6)60(68(76)39-70(62)78)34-58(53)66(74)37-65(57)73/h21-32,37-40,73-80H,9-20,33-36H2,1-8H3. The topological polar surface area (TPSA) is 236 Å². The van der Waals surface area contributed by atoms with Gasteiger partial charge >= 0.3 is 0 Å². The second kappa shape index (κ2) is 28.4. The van der Waals surface area contributed by atoms with Crippen molar-refractivity contribution in [3.05, 3.63) is 186 Å². The molecular weight excluding hydrogens is 1120 g/mol. The monoisotopic (exact) mass is 1200 g/mol. The van der Waals surface area contributed by atoms with Crippen molar-refractivity contribution in [2.45, 2.75) is 103 Å². The zero-order chi connectivity index (χ0) is 62.8. The number of fused-ring (bicyclic) bond motifs is 8. The third kappa shape index (κ3) is 14.3. The van der Waals surface area contributed by atoms with E-state index < -0.39 is 0 Å². The molecule has 1 aliphatic carbocycles. The average Bonchev–Trinajstić information content (AvgIpc) is 2.15. The quantitative estimate of drug-likeness (QED) is 0.0281. The number of hydrogen-bond acceptors (Lipinski definition) is 16. The normalized spacial score (nSPS) is 11.9. The highest BCUT2D eigenvalue weighted by atomic mass is 16.5. The van der Waals surface area contributed by atoms with E-state index in [0.29, 0.717) is 190 Å². The Bertz CT molecular complexity index is 3120. The summed E-state index contributed by atoms with van der Waals surface area (Å²) >= 11 is 0. The Kier molecular flexibility index (Phi) is 20.3. The minimum Gasteiger partial charge on any atom is -0.508 e. The predicted octanol–water partition coefficient (Wildman–Crippen LogP) is 12.8. The first-order valence-corrected chi connectivity index (χ1v) is 29.6. The first-order valence-electron chi connectivity index (χ1n) is 29.6. The molecule has 0 unspecified atom stereocenters. The third-order valence-electron chi connectivity index (χ3n) is 17.1. The molecule has 8 N–H and O–H groups in total. The van der Waals surface area contributed by atoms with E-state index in [1.807, 2.05) is 48.5 Å². The molecule has 9 rings (SSSR count). The largest absolute Gasteiger partial charge is 0.508 e. The molecular formula is C72H80O16. The number of methoxy groups -OCH3 is 8. The number of rotatable bonds is 24. The molecule has 0 aliphatic heterocycles. The van der Waals surface area contributed by atoms with Crippen molar-refractivity contribution in [2.24, 2.45) is 0 Å². The molecule has 16 nitrogen and oxygen atoms in total. The maximum absolute atomic E-state index is 12.3. The number of aryl methyl sites for hydroxylation is 4. The number of phenolic OH excluding ortho intramolecular Hbond substituents is 8. The Morgan fingerprint density at radius 3 is 0.500 bits per heavy atom. The van der Waals surface area contributed by atoms with Gasteiger partial charge in [-0.05, 0) is 170 Å². The predicted molar refractivity (Wildman–Crippen MR) is 337 cm³/mol. The Labute approximate surface area is 514 Å². The van der Waals surface area contributed by atoms with Gasteiger partial charge in [0.15, 0.2) is 0 Å². The summed E-state index contributed by atoms with van der Waals surface area (Å²) in [7, 11) is 12.7. The van der Waals surface area contributed by atoms with Crippen LogP contribution in [0.2, 0.25) is 0 Å². The Morgan fingerprint density at radius 1 is 0.216 bits per heavy atom.